The third-order valence-electron chi connectivity index (χ3n) is 3.77. The maximum absolute atomic E-state index is 13.2. The lowest BCUT2D eigenvalue weighted by Gasteiger charge is -2.09. The lowest BCUT2D eigenvalue weighted by atomic mass is 9.95. The minimum absolute atomic E-state index is 0.0659. The number of aryl methyl sites for hydroxylation is 1. The largest absolute Gasteiger partial charge is 0.289 e. The average Bonchev–Trinajstić information content (AvgIpc) is 2.48. The number of hydrogen-bond acceptors (Lipinski definition) is 1. The number of benzene rings is 2. The van der Waals surface area contributed by atoms with E-state index in [1.807, 2.05) is 24.3 Å². The highest BCUT2D eigenvalue weighted by molar-refractivity contribution is 6.09. The molecule has 0 spiro atoms. The zero-order valence-electron chi connectivity index (χ0n) is 12.1. The first-order chi connectivity index (χ1) is 9.52. The van der Waals surface area contributed by atoms with E-state index >= 15 is 0 Å². The van der Waals surface area contributed by atoms with Gasteiger partial charge in [0.1, 0.15) is 5.82 Å². The van der Waals surface area contributed by atoms with Crippen molar-refractivity contribution in [2.75, 3.05) is 0 Å². The Labute approximate surface area is 119 Å². The smallest absolute Gasteiger partial charge is 0.193 e. The summed E-state index contributed by atoms with van der Waals surface area (Å²) in [6.07, 6.45) is 1.07. The van der Waals surface area contributed by atoms with Crippen molar-refractivity contribution in [1.82, 2.24) is 0 Å². The molecule has 0 amide bonds. The highest BCUT2D eigenvalue weighted by Gasteiger charge is 2.11. The summed E-state index contributed by atoms with van der Waals surface area (Å²) in [7, 11) is 0. The molecule has 1 atom stereocenters. The van der Waals surface area contributed by atoms with E-state index in [4.69, 9.17) is 0 Å². The fraction of sp³-hybridized carbons (Fsp3) is 0.278. The van der Waals surface area contributed by atoms with Crippen LogP contribution in [0.5, 0.6) is 0 Å². The van der Waals surface area contributed by atoms with Crippen molar-refractivity contribution in [3.63, 3.8) is 0 Å². The Bertz CT molecular complexity index is 614. The fourth-order valence-corrected chi connectivity index (χ4v) is 2.15. The average molecular weight is 270 g/mol. The van der Waals surface area contributed by atoms with Crippen LogP contribution in [0.25, 0.3) is 0 Å². The lowest BCUT2D eigenvalue weighted by molar-refractivity contribution is 0.103. The highest BCUT2D eigenvalue weighted by atomic mass is 19.1. The standard InChI is InChI=1S/C18H19FO/c1-4-12(2)14-5-7-15(8-6-14)18(20)16-9-10-17(19)13(3)11-16/h5-12H,4H2,1-3H3. The van der Waals surface area contributed by atoms with Gasteiger partial charge < -0.3 is 0 Å². The minimum Gasteiger partial charge on any atom is -0.289 e. The Morgan fingerprint density at radius 3 is 2.25 bits per heavy atom. The molecule has 104 valence electrons. The lowest BCUT2D eigenvalue weighted by Crippen LogP contribution is -2.03. The predicted molar refractivity (Wildman–Crippen MR) is 79.7 cm³/mol. The second-order valence-corrected chi connectivity index (χ2v) is 5.22. The molecule has 0 radical (unpaired) electrons. The van der Waals surface area contributed by atoms with Gasteiger partial charge in [-0.1, -0.05) is 38.1 Å². The van der Waals surface area contributed by atoms with Crippen molar-refractivity contribution in [3.8, 4) is 0 Å². The molecule has 0 aliphatic rings. The minimum atomic E-state index is -0.284. The van der Waals surface area contributed by atoms with E-state index in [2.05, 4.69) is 13.8 Å². The van der Waals surface area contributed by atoms with Crippen molar-refractivity contribution < 1.29 is 9.18 Å². The van der Waals surface area contributed by atoms with E-state index in [-0.39, 0.29) is 11.6 Å². The van der Waals surface area contributed by atoms with Gasteiger partial charge in [0.15, 0.2) is 5.78 Å². The Morgan fingerprint density at radius 1 is 1.10 bits per heavy atom. The van der Waals surface area contributed by atoms with Crippen LogP contribution in [-0.4, -0.2) is 5.78 Å². The molecule has 2 aromatic rings. The number of hydrogen-bond donors (Lipinski definition) is 0. The van der Waals surface area contributed by atoms with E-state index in [1.165, 1.54) is 17.7 Å². The third-order valence-corrected chi connectivity index (χ3v) is 3.77. The van der Waals surface area contributed by atoms with Gasteiger partial charge in [0.2, 0.25) is 0 Å². The summed E-state index contributed by atoms with van der Waals surface area (Å²) < 4.78 is 13.2. The zero-order chi connectivity index (χ0) is 14.7. The van der Waals surface area contributed by atoms with Crippen LogP contribution in [0.1, 0.15) is 53.2 Å². The first kappa shape index (κ1) is 14.4. The molecule has 0 saturated carbocycles. The van der Waals surface area contributed by atoms with E-state index in [9.17, 15) is 9.18 Å². The van der Waals surface area contributed by atoms with Gasteiger partial charge in [-0.05, 0) is 48.6 Å². The molecule has 0 N–H and O–H groups in total. The van der Waals surface area contributed by atoms with Gasteiger partial charge in [-0.2, -0.15) is 0 Å². The summed E-state index contributed by atoms with van der Waals surface area (Å²) >= 11 is 0. The number of rotatable bonds is 4. The van der Waals surface area contributed by atoms with Crippen LogP contribution in [0.4, 0.5) is 4.39 Å². The number of carbonyl (C=O) groups excluding carboxylic acids is 1. The van der Waals surface area contributed by atoms with Gasteiger partial charge in [0, 0.05) is 11.1 Å². The Balaban J connectivity index is 2.27. The number of halogens is 1. The second kappa shape index (κ2) is 6.00. The van der Waals surface area contributed by atoms with Crippen LogP contribution in [0.15, 0.2) is 42.5 Å². The first-order valence-electron chi connectivity index (χ1n) is 6.93. The Hall–Kier alpha value is -1.96. The van der Waals surface area contributed by atoms with Gasteiger partial charge in [-0.15, -0.1) is 0 Å². The monoisotopic (exact) mass is 270 g/mol. The van der Waals surface area contributed by atoms with Crippen molar-refractivity contribution in [2.45, 2.75) is 33.1 Å². The molecule has 0 aromatic heterocycles. The molecule has 0 fully saturated rings. The number of carbonyl (C=O) groups is 1. The molecule has 2 heteroatoms. The molecule has 0 heterocycles. The van der Waals surface area contributed by atoms with Crippen LogP contribution >= 0.6 is 0 Å². The topological polar surface area (TPSA) is 17.1 Å². The fourth-order valence-electron chi connectivity index (χ4n) is 2.15. The molecule has 1 unspecified atom stereocenters. The summed E-state index contributed by atoms with van der Waals surface area (Å²) in [5.41, 5.74) is 2.90. The van der Waals surface area contributed by atoms with Gasteiger partial charge in [-0.25, -0.2) is 4.39 Å². The van der Waals surface area contributed by atoms with Crippen molar-refractivity contribution in [2.24, 2.45) is 0 Å². The van der Waals surface area contributed by atoms with Crippen LogP contribution in [0, 0.1) is 12.7 Å². The SMILES string of the molecule is CCC(C)c1ccc(C(=O)c2ccc(F)c(C)c2)cc1. The van der Waals surface area contributed by atoms with Crippen molar-refractivity contribution in [3.05, 3.63) is 70.5 Å². The molecule has 20 heavy (non-hydrogen) atoms. The molecular weight excluding hydrogens is 251 g/mol. The maximum Gasteiger partial charge on any atom is 0.193 e. The predicted octanol–water partition coefficient (Wildman–Crippen LogP) is 4.88. The second-order valence-electron chi connectivity index (χ2n) is 5.22. The van der Waals surface area contributed by atoms with Crippen LogP contribution in [-0.2, 0) is 0 Å². The van der Waals surface area contributed by atoms with Gasteiger partial charge in [-0.3, -0.25) is 4.79 Å². The Morgan fingerprint density at radius 2 is 1.70 bits per heavy atom. The van der Waals surface area contributed by atoms with Crippen LogP contribution in [0.2, 0.25) is 0 Å². The molecule has 0 saturated heterocycles. The van der Waals surface area contributed by atoms with Gasteiger partial charge in [0.05, 0.1) is 0 Å². The molecule has 1 nitrogen and oxygen atoms in total. The van der Waals surface area contributed by atoms with Gasteiger partial charge >= 0.3 is 0 Å². The van der Waals surface area contributed by atoms with E-state index in [0.29, 0.717) is 22.6 Å². The quantitative estimate of drug-likeness (QED) is 0.724. The van der Waals surface area contributed by atoms with E-state index < -0.39 is 0 Å². The maximum atomic E-state index is 13.2. The van der Waals surface area contributed by atoms with Gasteiger partial charge in [0.25, 0.3) is 0 Å². The summed E-state index contributed by atoms with van der Waals surface area (Å²) in [4.78, 5) is 12.3. The van der Waals surface area contributed by atoms with Crippen molar-refractivity contribution in [1.29, 1.82) is 0 Å². The molecular formula is C18H19FO. The molecule has 2 aromatic carbocycles. The molecule has 0 bridgehead atoms. The normalized spacial score (nSPS) is 12.2. The summed E-state index contributed by atoms with van der Waals surface area (Å²) in [5, 5.41) is 0. The van der Waals surface area contributed by atoms with E-state index in [0.717, 1.165) is 6.42 Å². The number of ketones is 1. The first-order valence-corrected chi connectivity index (χ1v) is 6.93. The molecule has 0 aliphatic carbocycles. The molecule has 0 aliphatic heterocycles. The zero-order valence-corrected chi connectivity index (χ0v) is 12.1. The van der Waals surface area contributed by atoms with Crippen LogP contribution in [0.3, 0.4) is 0 Å². The summed E-state index contributed by atoms with van der Waals surface area (Å²) in [6.45, 7) is 5.98. The van der Waals surface area contributed by atoms with Crippen molar-refractivity contribution >= 4 is 5.78 Å². The summed E-state index contributed by atoms with van der Waals surface area (Å²) in [5.74, 6) is 0.143. The third kappa shape index (κ3) is 2.96. The van der Waals surface area contributed by atoms with Crippen LogP contribution < -0.4 is 0 Å². The Kier molecular flexibility index (Phi) is 4.33. The molecule has 2 rings (SSSR count). The highest BCUT2D eigenvalue weighted by Crippen LogP contribution is 2.20. The van der Waals surface area contributed by atoms with E-state index in [1.54, 1.807) is 13.0 Å². The summed E-state index contributed by atoms with van der Waals surface area (Å²) in [6, 6.07) is 12.2.